The highest BCUT2D eigenvalue weighted by Crippen LogP contribution is 2.27. The van der Waals surface area contributed by atoms with Gasteiger partial charge in [-0.1, -0.05) is 30.3 Å². The molecule has 1 amide bonds. The predicted molar refractivity (Wildman–Crippen MR) is 102 cm³/mol. The van der Waals surface area contributed by atoms with Crippen LogP contribution in [0.25, 0.3) is 0 Å². The Bertz CT molecular complexity index is 983. The number of anilines is 1. The van der Waals surface area contributed by atoms with E-state index in [4.69, 9.17) is 4.74 Å². The molecule has 1 unspecified atom stereocenters. The molecule has 6 nitrogen and oxygen atoms in total. The molecule has 1 atom stereocenters. The summed E-state index contributed by atoms with van der Waals surface area (Å²) in [6.45, 7) is 2.05. The average molecular weight is 387 g/mol. The van der Waals surface area contributed by atoms with Gasteiger partial charge in [0.2, 0.25) is 0 Å². The lowest BCUT2D eigenvalue weighted by atomic mass is 10.0. The van der Waals surface area contributed by atoms with Crippen LogP contribution in [0.3, 0.4) is 0 Å². The van der Waals surface area contributed by atoms with Gasteiger partial charge in [0.1, 0.15) is 0 Å². The van der Waals surface area contributed by atoms with Crippen molar-refractivity contribution in [1.82, 2.24) is 0 Å². The molecule has 0 bridgehead atoms. The second-order valence-corrected chi connectivity index (χ2v) is 8.52. The Kier molecular flexibility index (Phi) is 5.32. The van der Waals surface area contributed by atoms with Crippen molar-refractivity contribution in [2.45, 2.75) is 30.8 Å². The summed E-state index contributed by atoms with van der Waals surface area (Å²) in [5.74, 6) is -1.16. The molecular formula is C20H21NO5S. The molecule has 0 fully saturated rings. The lowest BCUT2D eigenvalue weighted by Gasteiger charge is -2.31. The van der Waals surface area contributed by atoms with E-state index in [0.29, 0.717) is 6.54 Å². The van der Waals surface area contributed by atoms with E-state index >= 15 is 0 Å². The minimum atomic E-state index is -3.59. The Morgan fingerprint density at radius 2 is 1.74 bits per heavy atom. The second-order valence-electron chi connectivity index (χ2n) is 6.54. The Hall–Kier alpha value is -2.67. The molecule has 0 aromatic heterocycles. The summed E-state index contributed by atoms with van der Waals surface area (Å²) in [5, 5.41) is 0. The number of esters is 1. The number of carbonyl (C=O) groups is 2. The summed E-state index contributed by atoms with van der Waals surface area (Å²) in [6.07, 6.45) is 1.73. The molecule has 1 heterocycles. The molecule has 142 valence electrons. The molecule has 1 aliphatic rings. The van der Waals surface area contributed by atoms with Crippen LogP contribution in [-0.4, -0.2) is 39.2 Å². The lowest BCUT2D eigenvalue weighted by Crippen LogP contribution is -2.42. The fraction of sp³-hybridized carbons (Fsp3) is 0.300. The van der Waals surface area contributed by atoms with Gasteiger partial charge in [-0.3, -0.25) is 4.79 Å². The highest BCUT2D eigenvalue weighted by atomic mass is 32.2. The van der Waals surface area contributed by atoms with Crippen molar-refractivity contribution >= 4 is 27.4 Å². The zero-order valence-corrected chi connectivity index (χ0v) is 16.0. The molecule has 2 aromatic rings. The van der Waals surface area contributed by atoms with Crippen molar-refractivity contribution in [3.8, 4) is 0 Å². The molecule has 0 saturated heterocycles. The van der Waals surface area contributed by atoms with Crippen LogP contribution in [0.2, 0.25) is 0 Å². The average Bonchev–Trinajstić information content (AvgIpc) is 2.66. The first-order valence-electron chi connectivity index (χ1n) is 8.68. The van der Waals surface area contributed by atoms with Gasteiger partial charge < -0.3 is 9.64 Å². The standard InChI is InChI=1S/C20H21NO5S/c1-14(19(22)21-13-7-9-15-8-3-5-11-17(15)21)26-20(23)16-10-4-6-12-18(16)27(2,24)25/h3-6,8,10-12,14H,7,9,13H2,1-2H3. The minimum absolute atomic E-state index is 0.0707. The summed E-state index contributed by atoms with van der Waals surface area (Å²) in [5.41, 5.74) is 1.84. The first kappa shape index (κ1) is 19.1. The highest BCUT2D eigenvalue weighted by molar-refractivity contribution is 7.90. The number of sulfone groups is 1. The van der Waals surface area contributed by atoms with Crippen molar-refractivity contribution in [3.63, 3.8) is 0 Å². The fourth-order valence-electron chi connectivity index (χ4n) is 3.22. The largest absolute Gasteiger partial charge is 0.449 e. The van der Waals surface area contributed by atoms with E-state index < -0.39 is 21.9 Å². The Labute approximate surface area is 158 Å². The summed E-state index contributed by atoms with van der Waals surface area (Å²) in [7, 11) is -3.59. The quantitative estimate of drug-likeness (QED) is 0.754. The zero-order valence-electron chi connectivity index (χ0n) is 15.2. The number of fused-ring (bicyclic) bond motifs is 1. The second kappa shape index (κ2) is 7.52. The third-order valence-electron chi connectivity index (χ3n) is 4.51. The monoisotopic (exact) mass is 387 g/mol. The van der Waals surface area contributed by atoms with Gasteiger partial charge in [-0.2, -0.15) is 0 Å². The third kappa shape index (κ3) is 4.03. The van der Waals surface area contributed by atoms with Gasteiger partial charge in [0, 0.05) is 18.5 Å². The van der Waals surface area contributed by atoms with Gasteiger partial charge in [-0.05, 0) is 43.5 Å². The molecule has 7 heteroatoms. The molecule has 3 rings (SSSR count). The number of aryl methyl sites for hydroxylation is 1. The first-order chi connectivity index (χ1) is 12.8. The maximum atomic E-state index is 12.8. The molecular weight excluding hydrogens is 366 g/mol. The van der Waals surface area contributed by atoms with E-state index in [1.807, 2.05) is 24.3 Å². The SMILES string of the molecule is CC(OC(=O)c1ccccc1S(C)(=O)=O)C(=O)N1CCCc2ccccc21. The molecule has 0 N–H and O–H groups in total. The van der Waals surface area contributed by atoms with Gasteiger partial charge >= 0.3 is 5.97 Å². The summed E-state index contributed by atoms with van der Waals surface area (Å²) in [4.78, 5) is 26.8. The van der Waals surface area contributed by atoms with Gasteiger partial charge in [-0.25, -0.2) is 13.2 Å². The molecule has 1 aliphatic heterocycles. The summed E-state index contributed by atoms with van der Waals surface area (Å²) >= 11 is 0. The molecule has 0 saturated carbocycles. The van der Waals surface area contributed by atoms with Crippen LogP contribution in [-0.2, 0) is 25.8 Å². The fourth-order valence-corrected chi connectivity index (χ4v) is 4.09. The molecule has 0 aliphatic carbocycles. The van der Waals surface area contributed by atoms with Crippen LogP contribution in [0.4, 0.5) is 5.69 Å². The number of hydrogen-bond donors (Lipinski definition) is 0. The smallest absolute Gasteiger partial charge is 0.340 e. The number of hydrogen-bond acceptors (Lipinski definition) is 5. The van der Waals surface area contributed by atoms with Crippen molar-refractivity contribution in [2.24, 2.45) is 0 Å². The van der Waals surface area contributed by atoms with Gasteiger partial charge in [0.25, 0.3) is 5.91 Å². The van der Waals surface area contributed by atoms with Gasteiger partial charge in [-0.15, -0.1) is 0 Å². The van der Waals surface area contributed by atoms with Gasteiger partial charge in [0.05, 0.1) is 10.5 Å². The van der Waals surface area contributed by atoms with Crippen LogP contribution in [0.1, 0.15) is 29.3 Å². The summed E-state index contributed by atoms with van der Waals surface area (Å²) < 4.78 is 29.1. The highest BCUT2D eigenvalue weighted by Gasteiger charge is 2.29. The molecule has 2 aromatic carbocycles. The number of amides is 1. The van der Waals surface area contributed by atoms with E-state index in [1.165, 1.54) is 25.1 Å². The predicted octanol–water partition coefficient (Wildman–Crippen LogP) is 2.61. The zero-order chi connectivity index (χ0) is 19.6. The van der Waals surface area contributed by atoms with Crippen molar-refractivity contribution < 1.29 is 22.7 Å². The number of rotatable bonds is 4. The van der Waals surface area contributed by atoms with Crippen molar-refractivity contribution in [1.29, 1.82) is 0 Å². The van der Waals surface area contributed by atoms with E-state index in [1.54, 1.807) is 11.0 Å². The molecule has 0 spiro atoms. The third-order valence-corrected chi connectivity index (χ3v) is 5.67. The van der Waals surface area contributed by atoms with E-state index in [0.717, 1.165) is 30.3 Å². The molecule has 27 heavy (non-hydrogen) atoms. The van der Waals surface area contributed by atoms with Crippen LogP contribution < -0.4 is 4.90 Å². The Morgan fingerprint density at radius 1 is 1.07 bits per heavy atom. The Morgan fingerprint density at radius 3 is 2.48 bits per heavy atom. The minimum Gasteiger partial charge on any atom is -0.449 e. The number of nitrogens with zero attached hydrogens (tertiary/aromatic N) is 1. The van der Waals surface area contributed by atoms with Crippen molar-refractivity contribution in [2.75, 3.05) is 17.7 Å². The maximum Gasteiger partial charge on any atom is 0.340 e. The van der Waals surface area contributed by atoms with E-state index in [-0.39, 0.29) is 16.4 Å². The molecule has 0 radical (unpaired) electrons. The van der Waals surface area contributed by atoms with Crippen molar-refractivity contribution in [3.05, 3.63) is 59.7 Å². The van der Waals surface area contributed by atoms with Crippen LogP contribution >= 0.6 is 0 Å². The maximum absolute atomic E-state index is 12.8. The van der Waals surface area contributed by atoms with Crippen LogP contribution in [0.15, 0.2) is 53.4 Å². The van der Waals surface area contributed by atoms with E-state index in [9.17, 15) is 18.0 Å². The number of ether oxygens (including phenoxy) is 1. The normalized spacial score (nSPS) is 15.0. The van der Waals surface area contributed by atoms with Crippen LogP contribution in [0, 0.1) is 0 Å². The number of carbonyl (C=O) groups excluding carboxylic acids is 2. The lowest BCUT2D eigenvalue weighted by molar-refractivity contribution is -0.126. The number of para-hydroxylation sites is 1. The first-order valence-corrected chi connectivity index (χ1v) is 10.6. The van der Waals surface area contributed by atoms with Gasteiger partial charge in [0.15, 0.2) is 15.9 Å². The number of benzene rings is 2. The summed E-state index contributed by atoms with van der Waals surface area (Å²) in [6, 6.07) is 13.5. The van der Waals surface area contributed by atoms with E-state index in [2.05, 4.69) is 0 Å². The topological polar surface area (TPSA) is 80.8 Å². The van der Waals surface area contributed by atoms with Crippen LogP contribution in [0.5, 0.6) is 0 Å². The Balaban J connectivity index is 1.80.